The quantitative estimate of drug-likeness (QED) is 0.541. The van der Waals surface area contributed by atoms with Crippen LogP contribution in [0.25, 0.3) is 5.69 Å². The molecular weight excluding hydrogens is 364 g/mol. The number of nitrogens with zero attached hydrogens (tertiary/aromatic N) is 3. The molecule has 0 spiro atoms. The fraction of sp³-hybridized carbons (Fsp3) is 0.125. The molecule has 2 aromatic heterocycles. The minimum Gasteiger partial charge on any atom is -0.306 e. The van der Waals surface area contributed by atoms with E-state index in [1.807, 2.05) is 6.07 Å². The van der Waals surface area contributed by atoms with Crippen LogP contribution in [0.4, 0.5) is 11.5 Å². The number of halogens is 1. The van der Waals surface area contributed by atoms with Crippen LogP contribution in [0.2, 0.25) is 5.02 Å². The van der Waals surface area contributed by atoms with E-state index in [4.69, 9.17) is 11.6 Å². The normalized spacial score (nSPS) is 10.7. The van der Waals surface area contributed by atoms with Crippen molar-refractivity contribution in [3.63, 3.8) is 0 Å². The topological polar surface area (TPSA) is 90.1 Å². The molecule has 0 saturated heterocycles. The molecule has 0 radical (unpaired) electrons. The number of thiophene rings is 1. The van der Waals surface area contributed by atoms with Gasteiger partial charge in [0.05, 0.1) is 26.1 Å². The SMILES string of the molecule is Cc1cc(NC(=O)c2cc([N+](=O)[O-])c(C)s2)n(-c2cccc(Cl)c2)n1. The number of carbonyl (C=O) groups excluding carboxylic acids is 1. The zero-order valence-corrected chi connectivity index (χ0v) is 14.9. The first-order valence-corrected chi connectivity index (χ1v) is 8.43. The van der Waals surface area contributed by atoms with Crippen LogP contribution in [-0.2, 0) is 0 Å². The van der Waals surface area contributed by atoms with E-state index in [2.05, 4.69) is 10.4 Å². The second-order valence-corrected chi connectivity index (χ2v) is 7.02. The first-order chi connectivity index (χ1) is 11.8. The maximum Gasteiger partial charge on any atom is 0.283 e. The van der Waals surface area contributed by atoms with Crippen LogP contribution >= 0.6 is 22.9 Å². The van der Waals surface area contributed by atoms with Crippen molar-refractivity contribution in [3.05, 3.63) is 67.0 Å². The summed E-state index contributed by atoms with van der Waals surface area (Å²) in [4.78, 5) is 23.7. The summed E-state index contributed by atoms with van der Waals surface area (Å²) in [6, 6.07) is 10.1. The van der Waals surface area contributed by atoms with Gasteiger partial charge in [0.15, 0.2) is 0 Å². The Hall–Kier alpha value is -2.71. The van der Waals surface area contributed by atoms with E-state index in [0.29, 0.717) is 27.1 Å². The molecule has 0 aliphatic rings. The number of aromatic nitrogens is 2. The highest BCUT2D eigenvalue weighted by molar-refractivity contribution is 7.14. The zero-order valence-electron chi connectivity index (χ0n) is 13.3. The Morgan fingerprint density at radius 3 is 2.72 bits per heavy atom. The van der Waals surface area contributed by atoms with Gasteiger partial charge >= 0.3 is 0 Å². The number of aryl methyl sites for hydroxylation is 2. The van der Waals surface area contributed by atoms with Gasteiger partial charge in [-0.05, 0) is 32.0 Å². The number of hydrogen-bond acceptors (Lipinski definition) is 5. The van der Waals surface area contributed by atoms with Crippen molar-refractivity contribution in [2.24, 2.45) is 0 Å². The van der Waals surface area contributed by atoms with Gasteiger partial charge in [-0.2, -0.15) is 5.10 Å². The molecule has 128 valence electrons. The number of hydrogen-bond donors (Lipinski definition) is 1. The summed E-state index contributed by atoms with van der Waals surface area (Å²) in [5, 5.41) is 18.6. The number of nitro groups is 1. The lowest BCUT2D eigenvalue weighted by molar-refractivity contribution is -0.385. The molecule has 0 saturated carbocycles. The summed E-state index contributed by atoms with van der Waals surface area (Å²) >= 11 is 7.09. The van der Waals surface area contributed by atoms with Crippen molar-refractivity contribution in [2.45, 2.75) is 13.8 Å². The maximum atomic E-state index is 12.5. The Morgan fingerprint density at radius 2 is 2.08 bits per heavy atom. The molecule has 1 aromatic carbocycles. The van der Waals surface area contributed by atoms with Gasteiger partial charge in [0, 0.05) is 17.2 Å². The summed E-state index contributed by atoms with van der Waals surface area (Å²) in [6.07, 6.45) is 0. The molecule has 3 aromatic rings. The molecule has 0 aliphatic heterocycles. The predicted molar refractivity (Wildman–Crippen MR) is 97.0 cm³/mol. The Morgan fingerprint density at radius 1 is 1.32 bits per heavy atom. The Kier molecular flexibility index (Phi) is 4.56. The van der Waals surface area contributed by atoms with Gasteiger partial charge in [0.25, 0.3) is 11.6 Å². The highest BCUT2D eigenvalue weighted by atomic mass is 35.5. The summed E-state index contributed by atoms with van der Waals surface area (Å²) in [5.74, 6) is 0.0304. The van der Waals surface area contributed by atoms with E-state index in [1.165, 1.54) is 6.07 Å². The molecule has 1 N–H and O–H groups in total. The molecule has 9 heteroatoms. The number of carbonyl (C=O) groups is 1. The minimum atomic E-state index is -0.497. The van der Waals surface area contributed by atoms with Crippen LogP contribution in [0.5, 0.6) is 0 Å². The number of rotatable bonds is 4. The van der Waals surface area contributed by atoms with Crippen molar-refractivity contribution < 1.29 is 9.72 Å². The molecule has 0 atom stereocenters. The van der Waals surface area contributed by atoms with E-state index < -0.39 is 10.8 Å². The third-order valence-electron chi connectivity index (χ3n) is 3.44. The van der Waals surface area contributed by atoms with Gasteiger partial charge in [-0.25, -0.2) is 4.68 Å². The number of benzene rings is 1. The first-order valence-electron chi connectivity index (χ1n) is 7.24. The predicted octanol–water partition coefficient (Wildman–Crippen LogP) is 4.36. The van der Waals surface area contributed by atoms with Crippen molar-refractivity contribution in [3.8, 4) is 5.69 Å². The molecule has 0 bridgehead atoms. The van der Waals surface area contributed by atoms with Gasteiger partial charge in [0.2, 0.25) is 0 Å². The molecular formula is C16H13ClN4O3S. The van der Waals surface area contributed by atoms with E-state index in [-0.39, 0.29) is 10.6 Å². The highest BCUT2D eigenvalue weighted by Gasteiger charge is 2.21. The first kappa shape index (κ1) is 17.1. The zero-order chi connectivity index (χ0) is 18.1. The third kappa shape index (κ3) is 3.54. The fourth-order valence-electron chi connectivity index (χ4n) is 2.34. The largest absolute Gasteiger partial charge is 0.306 e. The second kappa shape index (κ2) is 6.66. The monoisotopic (exact) mass is 376 g/mol. The molecule has 0 aliphatic carbocycles. The van der Waals surface area contributed by atoms with Crippen LogP contribution in [0.3, 0.4) is 0 Å². The molecule has 2 heterocycles. The smallest absolute Gasteiger partial charge is 0.283 e. The van der Waals surface area contributed by atoms with Crippen molar-refractivity contribution in [1.82, 2.24) is 9.78 Å². The van der Waals surface area contributed by atoms with Gasteiger partial charge in [0.1, 0.15) is 5.82 Å². The van der Waals surface area contributed by atoms with Crippen LogP contribution in [0.1, 0.15) is 20.2 Å². The Bertz CT molecular complexity index is 980. The third-order valence-corrected chi connectivity index (χ3v) is 4.71. The molecule has 0 unspecified atom stereocenters. The Balaban J connectivity index is 1.92. The second-order valence-electron chi connectivity index (χ2n) is 5.33. The van der Waals surface area contributed by atoms with Crippen LogP contribution in [0, 0.1) is 24.0 Å². The molecule has 7 nitrogen and oxygen atoms in total. The van der Waals surface area contributed by atoms with Crippen molar-refractivity contribution in [1.29, 1.82) is 0 Å². The average molecular weight is 377 g/mol. The molecule has 25 heavy (non-hydrogen) atoms. The summed E-state index contributed by atoms with van der Waals surface area (Å²) < 4.78 is 1.56. The van der Waals surface area contributed by atoms with Crippen LogP contribution in [0.15, 0.2) is 36.4 Å². The van der Waals surface area contributed by atoms with E-state index in [1.54, 1.807) is 42.8 Å². The highest BCUT2D eigenvalue weighted by Crippen LogP contribution is 2.29. The number of amides is 1. The van der Waals surface area contributed by atoms with E-state index in [0.717, 1.165) is 11.3 Å². The van der Waals surface area contributed by atoms with Crippen molar-refractivity contribution in [2.75, 3.05) is 5.32 Å². The summed E-state index contributed by atoms with van der Waals surface area (Å²) in [7, 11) is 0. The average Bonchev–Trinajstić information content (AvgIpc) is 3.10. The lowest BCUT2D eigenvalue weighted by atomic mass is 10.3. The number of anilines is 1. The van der Waals surface area contributed by atoms with Gasteiger partial charge in [-0.3, -0.25) is 14.9 Å². The molecule has 0 fully saturated rings. The van der Waals surface area contributed by atoms with Crippen LogP contribution in [-0.4, -0.2) is 20.6 Å². The van der Waals surface area contributed by atoms with Crippen LogP contribution < -0.4 is 5.32 Å². The molecule has 1 amide bonds. The standard InChI is InChI=1S/C16H13ClN4O3S/c1-9-6-15(20(19-9)12-5-3-4-11(17)7-12)18-16(22)14-8-13(21(23)24)10(2)25-14/h3-8H,1-2H3,(H,18,22). The van der Waals surface area contributed by atoms with Crippen molar-refractivity contribution >= 4 is 40.4 Å². The molecule has 3 rings (SSSR count). The van der Waals surface area contributed by atoms with E-state index >= 15 is 0 Å². The summed E-state index contributed by atoms with van der Waals surface area (Å²) in [6.45, 7) is 3.41. The maximum absolute atomic E-state index is 12.5. The Labute approximate surface area is 152 Å². The van der Waals surface area contributed by atoms with Gasteiger partial charge in [-0.1, -0.05) is 17.7 Å². The van der Waals surface area contributed by atoms with Gasteiger partial charge < -0.3 is 5.32 Å². The fourth-order valence-corrected chi connectivity index (χ4v) is 3.40. The minimum absolute atomic E-state index is 0.0605. The van der Waals surface area contributed by atoms with Gasteiger partial charge in [-0.15, -0.1) is 11.3 Å². The summed E-state index contributed by atoms with van der Waals surface area (Å²) in [5.41, 5.74) is 1.35. The lowest BCUT2D eigenvalue weighted by Crippen LogP contribution is -2.14. The van der Waals surface area contributed by atoms with E-state index in [9.17, 15) is 14.9 Å². The number of nitrogens with one attached hydrogen (secondary N) is 1. The lowest BCUT2D eigenvalue weighted by Gasteiger charge is -2.08.